The normalized spacial score (nSPS) is 16.1. The van der Waals surface area contributed by atoms with E-state index in [1.165, 1.54) is 0 Å². The molecule has 0 saturated heterocycles. The molecule has 7 nitrogen and oxygen atoms in total. The number of alkyl halides is 4. The number of halogens is 6. The number of aromatic nitrogens is 2. The van der Waals surface area contributed by atoms with Crippen LogP contribution < -0.4 is 10.1 Å². The van der Waals surface area contributed by atoms with Crippen molar-refractivity contribution >= 4 is 28.5 Å². The van der Waals surface area contributed by atoms with Crippen LogP contribution in [0.15, 0.2) is 30.5 Å². The lowest BCUT2D eigenvalue weighted by Gasteiger charge is -2.37. The molecule has 2 aromatic heterocycles. The van der Waals surface area contributed by atoms with Crippen LogP contribution in [0.3, 0.4) is 0 Å². The van der Waals surface area contributed by atoms with Crippen LogP contribution >= 0.6 is 11.6 Å². The fourth-order valence-corrected chi connectivity index (χ4v) is 4.89. The van der Waals surface area contributed by atoms with Crippen LogP contribution in [0, 0.1) is 11.7 Å². The molecule has 0 radical (unpaired) electrons. The third-order valence-corrected chi connectivity index (χ3v) is 6.68. The Labute approximate surface area is 227 Å². The lowest BCUT2D eigenvalue weighted by Crippen LogP contribution is -2.40. The number of benzene rings is 1. The van der Waals surface area contributed by atoms with Gasteiger partial charge in [-0.3, -0.25) is 14.1 Å². The molecule has 0 spiro atoms. The third-order valence-electron chi connectivity index (χ3n) is 6.32. The molecule has 0 aliphatic carbocycles. The van der Waals surface area contributed by atoms with Gasteiger partial charge in [-0.1, -0.05) is 36.7 Å². The van der Waals surface area contributed by atoms with Crippen LogP contribution in [0.4, 0.5) is 22.0 Å². The predicted molar refractivity (Wildman–Crippen MR) is 137 cm³/mol. The number of hydrogen-bond donors (Lipinski definition) is 3. The number of carboxylic acids is 1. The van der Waals surface area contributed by atoms with Gasteiger partial charge in [-0.05, 0) is 31.0 Å². The lowest BCUT2D eigenvalue weighted by molar-refractivity contribution is -0.141. The summed E-state index contributed by atoms with van der Waals surface area (Å²) in [4.78, 5) is 21.0. The number of ether oxygens (including phenoxy) is 1. The predicted octanol–water partition coefficient (Wildman–Crippen LogP) is 5.53. The van der Waals surface area contributed by atoms with Crippen molar-refractivity contribution in [2.45, 2.75) is 32.5 Å². The smallest absolute Gasteiger partial charge is 0.379 e. The highest BCUT2D eigenvalue weighted by atomic mass is 35.5. The van der Waals surface area contributed by atoms with E-state index in [1.807, 2.05) is 29.2 Å². The average molecular weight is 577 g/mol. The SMILES string of the molecule is CC(CN1CCc2c([nH]c3ccccc23)C1c1c(F)cnc(OCCNCCCF)c1Cl)C(=O)O.FC(F)F. The van der Waals surface area contributed by atoms with Crippen molar-refractivity contribution < 1.29 is 36.6 Å². The largest absolute Gasteiger partial charge is 0.481 e. The van der Waals surface area contributed by atoms with Crippen molar-refractivity contribution in [3.8, 4) is 5.88 Å². The molecule has 1 aliphatic heterocycles. The second-order valence-corrected chi connectivity index (χ2v) is 9.35. The molecule has 214 valence electrons. The average Bonchev–Trinajstić information content (AvgIpc) is 3.26. The van der Waals surface area contributed by atoms with Gasteiger partial charge in [0.2, 0.25) is 5.88 Å². The van der Waals surface area contributed by atoms with Crippen molar-refractivity contribution in [1.29, 1.82) is 0 Å². The van der Waals surface area contributed by atoms with Crippen LogP contribution in [-0.2, 0) is 11.2 Å². The zero-order chi connectivity index (χ0) is 28.5. The Morgan fingerprint density at radius 3 is 2.72 bits per heavy atom. The van der Waals surface area contributed by atoms with Gasteiger partial charge in [0.1, 0.15) is 17.4 Å². The van der Waals surface area contributed by atoms with E-state index in [2.05, 4.69) is 15.3 Å². The summed E-state index contributed by atoms with van der Waals surface area (Å²) in [5, 5.41) is 13.7. The maximum Gasteiger partial charge on any atom is 0.379 e. The van der Waals surface area contributed by atoms with Gasteiger partial charge in [0, 0.05) is 41.8 Å². The summed E-state index contributed by atoms with van der Waals surface area (Å²) in [7, 11) is 0. The summed E-state index contributed by atoms with van der Waals surface area (Å²) in [6.07, 6.45) is 2.20. The van der Waals surface area contributed by atoms with Crippen molar-refractivity contribution in [3.05, 3.63) is 58.1 Å². The van der Waals surface area contributed by atoms with E-state index in [0.717, 1.165) is 28.4 Å². The van der Waals surface area contributed by atoms with Crippen LogP contribution in [0.2, 0.25) is 5.02 Å². The number of aromatic amines is 1. The summed E-state index contributed by atoms with van der Waals surface area (Å²) in [5.74, 6) is -2.06. The number of nitrogens with one attached hydrogen (secondary N) is 2. The van der Waals surface area contributed by atoms with Crippen LogP contribution in [0.1, 0.15) is 36.2 Å². The van der Waals surface area contributed by atoms with Gasteiger partial charge in [0.25, 0.3) is 0 Å². The third kappa shape index (κ3) is 7.80. The number of carbonyl (C=O) groups is 1. The number of pyridine rings is 1. The molecule has 13 heteroatoms. The van der Waals surface area contributed by atoms with Gasteiger partial charge in [0.15, 0.2) is 0 Å². The molecule has 1 aliphatic rings. The van der Waals surface area contributed by atoms with Crippen molar-refractivity contribution in [3.63, 3.8) is 0 Å². The summed E-state index contributed by atoms with van der Waals surface area (Å²) in [6.45, 7) is -0.441. The summed E-state index contributed by atoms with van der Waals surface area (Å²) >= 11 is 6.69. The molecule has 0 bridgehead atoms. The van der Waals surface area contributed by atoms with Crippen molar-refractivity contribution in [2.24, 2.45) is 5.92 Å². The molecule has 2 unspecified atom stereocenters. The van der Waals surface area contributed by atoms with E-state index in [9.17, 15) is 27.5 Å². The summed E-state index contributed by atoms with van der Waals surface area (Å²) in [6, 6.07) is 7.24. The van der Waals surface area contributed by atoms with E-state index < -0.39 is 37.1 Å². The molecule has 3 heterocycles. The zero-order valence-corrected chi connectivity index (χ0v) is 22.0. The first-order chi connectivity index (χ1) is 18.6. The number of nitrogens with zero attached hydrogens (tertiary/aromatic N) is 2. The number of hydrogen-bond acceptors (Lipinski definition) is 5. The quantitative estimate of drug-likeness (QED) is 0.205. The molecule has 3 aromatic rings. The van der Waals surface area contributed by atoms with Gasteiger partial charge in [-0.25, -0.2) is 9.37 Å². The van der Waals surface area contributed by atoms with Crippen molar-refractivity contribution in [2.75, 3.05) is 39.5 Å². The monoisotopic (exact) mass is 576 g/mol. The zero-order valence-electron chi connectivity index (χ0n) is 21.2. The summed E-state index contributed by atoms with van der Waals surface area (Å²) in [5.41, 5.74) is 2.99. The van der Waals surface area contributed by atoms with E-state index in [1.54, 1.807) is 6.92 Å². The van der Waals surface area contributed by atoms with Gasteiger partial charge >= 0.3 is 12.6 Å². The van der Waals surface area contributed by atoms with Gasteiger partial charge in [-0.2, -0.15) is 13.2 Å². The number of rotatable bonds is 11. The minimum Gasteiger partial charge on any atom is -0.481 e. The highest BCUT2D eigenvalue weighted by molar-refractivity contribution is 6.32. The second-order valence-electron chi connectivity index (χ2n) is 8.98. The molecular weight excluding hydrogens is 547 g/mol. The standard InChI is InChI=1S/C25H29ClF2N4O3.CHF3/c1-15(25(33)34)14-32-11-7-17-16-5-2-3-6-19(16)31-22(17)23(32)20-18(28)13-30-24(21(20)26)35-12-10-29-9-4-8-27;2-1(3)4/h2-3,5-6,13,15,23,29,31H,4,7-12,14H2,1H3,(H,33,34);1H. The minimum atomic E-state index is -3.67. The van der Waals surface area contributed by atoms with E-state index in [4.69, 9.17) is 16.3 Å². The van der Waals surface area contributed by atoms with Crippen LogP contribution in [-0.4, -0.2) is 72.1 Å². The van der Waals surface area contributed by atoms with Crippen molar-refractivity contribution in [1.82, 2.24) is 20.2 Å². The molecule has 0 fully saturated rings. The Bertz CT molecular complexity index is 1240. The Hall–Kier alpha value is -2.96. The van der Waals surface area contributed by atoms with Crippen LogP contribution in [0.25, 0.3) is 10.9 Å². The Balaban J connectivity index is 0.000000983. The number of fused-ring (bicyclic) bond motifs is 3. The van der Waals surface area contributed by atoms with E-state index >= 15 is 4.39 Å². The molecule has 1 aromatic carbocycles. The molecule has 3 N–H and O–H groups in total. The van der Waals surface area contributed by atoms with Gasteiger partial charge in [0.05, 0.1) is 24.8 Å². The maximum absolute atomic E-state index is 15.4. The lowest BCUT2D eigenvalue weighted by atomic mass is 9.91. The molecule has 4 rings (SSSR count). The topological polar surface area (TPSA) is 90.5 Å². The molecule has 2 atom stereocenters. The molecule has 0 amide bonds. The Kier molecular flexibility index (Phi) is 11.3. The molecule has 0 saturated carbocycles. The first kappa shape index (κ1) is 30.6. The molecule has 39 heavy (non-hydrogen) atoms. The highest BCUT2D eigenvalue weighted by Crippen LogP contribution is 2.43. The number of H-pyrrole nitrogens is 1. The molecular formula is C26H30ClF5N4O3. The first-order valence-electron chi connectivity index (χ1n) is 12.4. The Morgan fingerprint density at radius 2 is 2.03 bits per heavy atom. The minimum absolute atomic E-state index is 0.0539. The maximum atomic E-state index is 15.4. The fraction of sp³-hybridized carbons (Fsp3) is 0.462. The van der Waals surface area contributed by atoms with Gasteiger partial charge in [-0.15, -0.1) is 0 Å². The fourth-order valence-electron chi connectivity index (χ4n) is 4.59. The second kappa shape index (κ2) is 14.4. The number of carboxylic acid groups (broad SMARTS) is 1. The highest BCUT2D eigenvalue weighted by Gasteiger charge is 2.37. The summed E-state index contributed by atoms with van der Waals surface area (Å²) < 4.78 is 62.3. The first-order valence-corrected chi connectivity index (χ1v) is 12.7. The van der Waals surface area contributed by atoms with E-state index in [0.29, 0.717) is 32.5 Å². The van der Waals surface area contributed by atoms with Gasteiger partial charge < -0.3 is 20.1 Å². The number of para-hydroxylation sites is 1. The van der Waals surface area contributed by atoms with E-state index in [-0.39, 0.29) is 29.6 Å². The Morgan fingerprint density at radius 1 is 1.31 bits per heavy atom. The number of aliphatic carboxylic acids is 1. The van der Waals surface area contributed by atoms with Crippen LogP contribution in [0.5, 0.6) is 5.88 Å².